The largest absolute Gasteiger partial charge is 0.342 e. The minimum atomic E-state index is -0.862. The Bertz CT molecular complexity index is 328. The highest BCUT2D eigenvalue weighted by molar-refractivity contribution is 5.93. The van der Waals surface area contributed by atoms with E-state index in [1.165, 1.54) is 0 Å². The molecule has 4 nitrogen and oxygen atoms in total. The molecule has 15 heavy (non-hydrogen) atoms. The molecule has 0 aliphatic carbocycles. The molecule has 82 valence electrons. The fourth-order valence-corrected chi connectivity index (χ4v) is 1.61. The van der Waals surface area contributed by atoms with Crippen molar-refractivity contribution in [1.82, 2.24) is 10.2 Å². The van der Waals surface area contributed by atoms with E-state index in [2.05, 4.69) is 11.2 Å². The maximum absolute atomic E-state index is 12.0. The van der Waals surface area contributed by atoms with E-state index in [1.807, 2.05) is 0 Å². The van der Waals surface area contributed by atoms with Crippen LogP contribution in [0.1, 0.15) is 27.2 Å². The first-order valence-corrected chi connectivity index (χ1v) is 4.96. The van der Waals surface area contributed by atoms with Crippen LogP contribution in [0, 0.1) is 12.3 Å². The smallest absolute Gasteiger partial charge is 0.248 e. The van der Waals surface area contributed by atoms with E-state index < -0.39 is 5.54 Å². The third-order valence-electron chi connectivity index (χ3n) is 2.54. The van der Waals surface area contributed by atoms with Gasteiger partial charge in [0.15, 0.2) is 0 Å². The summed E-state index contributed by atoms with van der Waals surface area (Å²) in [5.74, 6) is 2.27. The standard InChI is InChI=1S/C11H16N2O2/c1-5-8(2)13-7-6-9(14)12-11(3,4)10(13)15/h1,8H,6-7H2,2-4H3,(H,12,14). The third kappa shape index (κ3) is 2.30. The summed E-state index contributed by atoms with van der Waals surface area (Å²) in [6, 6.07) is -0.274. The second kappa shape index (κ2) is 3.93. The molecule has 1 unspecified atom stereocenters. The minimum Gasteiger partial charge on any atom is -0.342 e. The molecular weight excluding hydrogens is 192 g/mol. The first-order chi connectivity index (χ1) is 6.88. The zero-order valence-electron chi connectivity index (χ0n) is 9.33. The molecule has 1 fully saturated rings. The predicted octanol–water partition coefficient (Wildman–Crippen LogP) is 0.135. The number of nitrogens with one attached hydrogen (secondary N) is 1. The summed E-state index contributed by atoms with van der Waals surface area (Å²) in [5.41, 5.74) is -0.862. The topological polar surface area (TPSA) is 49.4 Å². The van der Waals surface area contributed by atoms with Gasteiger partial charge in [-0.2, -0.15) is 0 Å². The Kier molecular flexibility index (Phi) is 3.04. The van der Waals surface area contributed by atoms with Crippen LogP contribution >= 0.6 is 0 Å². The second-order valence-corrected chi connectivity index (χ2v) is 4.26. The average Bonchev–Trinajstić information content (AvgIpc) is 2.24. The lowest BCUT2D eigenvalue weighted by atomic mass is 10.0. The summed E-state index contributed by atoms with van der Waals surface area (Å²) in [7, 11) is 0. The van der Waals surface area contributed by atoms with Crippen molar-refractivity contribution in [3.8, 4) is 12.3 Å². The van der Waals surface area contributed by atoms with Crippen molar-refractivity contribution >= 4 is 11.8 Å². The first kappa shape index (κ1) is 11.6. The number of hydrogen-bond acceptors (Lipinski definition) is 2. The summed E-state index contributed by atoms with van der Waals surface area (Å²) in [5, 5.41) is 2.68. The summed E-state index contributed by atoms with van der Waals surface area (Å²) in [6.45, 7) is 5.55. The van der Waals surface area contributed by atoms with E-state index in [-0.39, 0.29) is 17.9 Å². The van der Waals surface area contributed by atoms with Gasteiger partial charge in [-0.25, -0.2) is 0 Å². The Morgan fingerprint density at radius 2 is 2.13 bits per heavy atom. The average molecular weight is 208 g/mol. The van der Waals surface area contributed by atoms with Gasteiger partial charge in [0.05, 0.1) is 6.04 Å². The highest BCUT2D eigenvalue weighted by atomic mass is 16.2. The molecule has 0 radical (unpaired) electrons. The number of carbonyl (C=O) groups excluding carboxylic acids is 2. The Labute approximate surface area is 90.0 Å². The van der Waals surface area contributed by atoms with Crippen LogP contribution in [0.3, 0.4) is 0 Å². The third-order valence-corrected chi connectivity index (χ3v) is 2.54. The number of terminal acetylenes is 1. The number of amides is 2. The van der Waals surface area contributed by atoms with Gasteiger partial charge in [-0.05, 0) is 20.8 Å². The summed E-state index contributed by atoms with van der Waals surface area (Å²) in [6.07, 6.45) is 5.60. The van der Waals surface area contributed by atoms with Gasteiger partial charge in [0.2, 0.25) is 11.8 Å². The van der Waals surface area contributed by atoms with E-state index in [0.717, 1.165) is 0 Å². The fraction of sp³-hybridized carbons (Fsp3) is 0.636. The van der Waals surface area contributed by atoms with E-state index in [9.17, 15) is 9.59 Å². The summed E-state index contributed by atoms with van der Waals surface area (Å²) in [4.78, 5) is 25.0. The van der Waals surface area contributed by atoms with Crippen molar-refractivity contribution in [2.45, 2.75) is 38.8 Å². The molecule has 1 N–H and O–H groups in total. The van der Waals surface area contributed by atoms with E-state index in [0.29, 0.717) is 13.0 Å². The van der Waals surface area contributed by atoms with Crippen molar-refractivity contribution in [3.63, 3.8) is 0 Å². The molecule has 2 amide bonds. The van der Waals surface area contributed by atoms with Gasteiger partial charge in [0.25, 0.3) is 0 Å². The van der Waals surface area contributed by atoms with E-state index in [1.54, 1.807) is 25.7 Å². The van der Waals surface area contributed by atoms with Gasteiger partial charge < -0.3 is 10.2 Å². The van der Waals surface area contributed by atoms with Crippen LogP contribution in [-0.4, -0.2) is 34.8 Å². The van der Waals surface area contributed by atoms with Gasteiger partial charge in [0, 0.05) is 13.0 Å². The van der Waals surface area contributed by atoms with Crippen LogP contribution in [0.15, 0.2) is 0 Å². The van der Waals surface area contributed by atoms with Crippen molar-refractivity contribution in [1.29, 1.82) is 0 Å². The van der Waals surface area contributed by atoms with Gasteiger partial charge in [-0.15, -0.1) is 6.42 Å². The van der Waals surface area contributed by atoms with E-state index in [4.69, 9.17) is 6.42 Å². The van der Waals surface area contributed by atoms with Crippen molar-refractivity contribution in [3.05, 3.63) is 0 Å². The molecule has 0 aromatic carbocycles. The highest BCUT2D eigenvalue weighted by Crippen LogP contribution is 2.15. The Hall–Kier alpha value is -1.50. The monoisotopic (exact) mass is 208 g/mol. The predicted molar refractivity (Wildman–Crippen MR) is 56.8 cm³/mol. The number of rotatable bonds is 1. The van der Waals surface area contributed by atoms with Crippen LogP contribution < -0.4 is 5.32 Å². The lowest BCUT2D eigenvalue weighted by Gasteiger charge is -2.30. The number of carbonyl (C=O) groups is 2. The molecule has 1 heterocycles. The van der Waals surface area contributed by atoms with Crippen LogP contribution in [0.4, 0.5) is 0 Å². The minimum absolute atomic E-state index is 0.111. The van der Waals surface area contributed by atoms with Gasteiger partial charge in [-0.1, -0.05) is 5.92 Å². The zero-order chi connectivity index (χ0) is 11.6. The van der Waals surface area contributed by atoms with Gasteiger partial charge >= 0.3 is 0 Å². The van der Waals surface area contributed by atoms with Crippen molar-refractivity contribution in [2.75, 3.05) is 6.54 Å². The SMILES string of the molecule is C#CC(C)N1CCC(=O)NC(C)(C)C1=O. The highest BCUT2D eigenvalue weighted by Gasteiger charge is 2.37. The fourth-order valence-electron chi connectivity index (χ4n) is 1.61. The summed E-state index contributed by atoms with van der Waals surface area (Å²) < 4.78 is 0. The molecule has 0 aromatic heterocycles. The molecule has 0 aromatic rings. The van der Waals surface area contributed by atoms with Crippen LogP contribution in [0.2, 0.25) is 0 Å². The maximum Gasteiger partial charge on any atom is 0.248 e. The normalized spacial score (nSPS) is 22.7. The van der Waals surface area contributed by atoms with Crippen LogP contribution in [-0.2, 0) is 9.59 Å². The van der Waals surface area contributed by atoms with Crippen LogP contribution in [0.25, 0.3) is 0 Å². The molecule has 0 spiro atoms. The second-order valence-electron chi connectivity index (χ2n) is 4.26. The lowest BCUT2D eigenvalue weighted by Crippen LogP contribution is -2.54. The molecule has 1 saturated heterocycles. The number of nitrogens with zero attached hydrogens (tertiary/aromatic N) is 1. The Morgan fingerprint density at radius 1 is 1.53 bits per heavy atom. The number of hydrogen-bond donors (Lipinski definition) is 1. The van der Waals surface area contributed by atoms with Gasteiger partial charge in [-0.3, -0.25) is 9.59 Å². The molecule has 1 atom stereocenters. The first-order valence-electron chi connectivity index (χ1n) is 4.96. The molecule has 4 heteroatoms. The molecular formula is C11H16N2O2. The zero-order valence-corrected chi connectivity index (χ0v) is 9.33. The molecule has 1 rings (SSSR count). The maximum atomic E-state index is 12.0. The molecule has 1 aliphatic heterocycles. The molecule has 1 aliphatic rings. The van der Waals surface area contributed by atoms with Crippen molar-refractivity contribution < 1.29 is 9.59 Å². The Morgan fingerprint density at radius 3 is 2.67 bits per heavy atom. The summed E-state index contributed by atoms with van der Waals surface area (Å²) >= 11 is 0. The lowest BCUT2D eigenvalue weighted by molar-refractivity contribution is -0.138. The Balaban J connectivity index is 2.96. The molecule has 0 bridgehead atoms. The van der Waals surface area contributed by atoms with E-state index >= 15 is 0 Å². The van der Waals surface area contributed by atoms with Crippen molar-refractivity contribution in [2.24, 2.45) is 0 Å². The molecule has 0 saturated carbocycles. The van der Waals surface area contributed by atoms with Gasteiger partial charge in [0.1, 0.15) is 5.54 Å². The van der Waals surface area contributed by atoms with Crippen LogP contribution in [0.5, 0.6) is 0 Å². The quantitative estimate of drug-likeness (QED) is 0.623.